The summed E-state index contributed by atoms with van der Waals surface area (Å²) in [5, 5.41) is 12.8. The highest BCUT2D eigenvalue weighted by atomic mass is 127. The van der Waals surface area contributed by atoms with E-state index in [0.717, 1.165) is 9.26 Å². The number of nitrogens with one attached hydrogen (secondary N) is 1. The van der Waals surface area contributed by atoms with Crippen LogP contribution in [0.2, 0.25) is 0 Å². The third-order valence-corrected chi connectivity index (χ3v) is 5.78. The number of ketones is 1. The second-order valence-corrected chi connectivity index (χ2v) is 9.24. The molecule has 0 saturated heterocycles. The van der Waals surface area contributed by atoms with Crippen molar-refractivity contribution in [2.75, 3.05) is 26.6 Å². The first-order valence-electron chi connectivity index (χ1n) is 9.99. The highest BCUT2D eigenvalue weighted by molar-refractivity contribution is 14.1. The van der Waals surface area contributed by atoms with Crippen molar-refractivity contribution in [1.82, 2.24) is 14.7 Å². The second-order valence-electron chi connectivity index (χ2n) is 6.92. The smallest absolute Gasteiger partial charge is 0.219 e. The maximum Gasteiger partial charge on any atom is 0.219 e. The monoisotopic (exact) mass is 743 g/mol. The molecular weight excluding hydrogens is 714 g/mol. The van der Waals surface area contributed by atoms with E-state index in [1.165, 1.54) is 48.3 Å². The third-order valence-electron chi connectivity index (χ3n) is 4.02. The number of methoxy groups -OCH3 is 1. The number of carbonyl (C=O) groups excluding carboxylic acids is 2. The van der Waals surface area contributed by atoms with Crippen LogP contribution in [-0.4, -0.2) is 59.4 Å². The lowest BCUT2D eigenvalue weighted by Gasteiger charge is -2.05. The molecule has 1 aromatic heterocycles. The van der Waals surface area contributed by atoms with Crippen LogP contribution in [0.15, 0.2) is 60.9 Å². The van der Waals surface area contributed by atoms with Crippen LogP contribution < -0.4 is 11.3 Å². The van der Waals surface area contributed by atoms with Gasteiger partial charge in [-0.15, -0.1) is 0 Å². The van der Waals surface area contributed by atoms with Gasteiger partial charge in [-0.1, -0.05) is 7.43 Å². The molecule has 1 unspecified atom stereocenters. The number of aliphatic hydroxyl groups excluding tert-OH is 1. The summed E-state index contributed by atoms with van der Waals surface area (Å²) in [6.45, 7) is 0. The fourth-order valence-corrected chi connectivity index (χ4v) is 3.62. The predicted molar refractivity (Wildman–Crippen MR) is 156 cm³/mol. The zero-order valence-electron chi connectivity index (χ0n) is 19.5. The zero-order valence-corrected chi connectivity index (χ0v) is 23.8. The lowest BCUT2D eigenvalue weighted by Crippen LogP contribution is -2.20. The molecule has 0 saturated carbocycles. The van der Waals surface area contributed by atoms with E-state index in [2.05, 4.69) is 15.3 Å². The number of aliphatic hydroxyl groups is 1. The van der Waals surface area contributed by atoms with Gasteiger partial charge in [0, 0.05) is 40.6 Å². The number of ether oxygens (including phenoxy) is 1. The number of nitrogen functional groups attached to an aromatic ring is 1. The van der Waals surface area contributed by atoms with Gasteiger partial charge >= 0.3 is 0 Å². The van der Waals surface area contributed by atoms with Crippen LogP contribution in [0.4, 0.5) is 14.5 Å². The molecule has 3 rings (SSSR count). The molecule has 0 amide bonds. The minimum atomic E-state index is -1.34. The fourth-order valence-electron chi connectivity index (χ4n) is 2.28. The van der Waals surface area contributed by atoms with E-state index in [4.69, 9.17) is 10.9 Å². The third kappa shape index (κ3) is 12.1. The SMILES string of the molecule is C.COC(O)C(=O)/C=C/N(C)C.NNc1ccc(F)cc1I.O=Cc1ccnn1-c1ccc(F)cc1I. The summed E-state index contributed by atoms with van der Waals surface area (Å²) < 4.78 is 32.6. The molecule has 0 aliphatic carbocycles. The van der Waals surface area contributed by atoms with Crippen molar-refractivity contribution < 1.29 is 28.2 Å². The van der Waals surface area contributed by atoms with Gasteiger partial charge in [0.1, 0.15) is 17.3 Å². The molecule has 9 nitrogen and oxygen atoms in total. The van der Waals surface area contributed by atoms with E-state index in [0.29, 0.717) is 21.2 Å². The number of hydrogen-bond donors (Lipinski definition) is 3. The standard InChI is InChI=1S/C10H6FIN2O.C7H13NO3.C6H6FIN2.CH4/c11-7-1-2-10(9(12)5-7)14-8(6-15)3-4-13-14;1-8(2)5-4-6(9)7(10)11-3;7-4-1-2-6(10-9)5(8)3-4;/h1-6H;4-5,7,10H,1-3H3;1-3,10H,9H2;1H4/b;5-4+;;. The van der Waals surface area contributed by atoms with Gasteiger partial charge in [-0.25, -0.2) is 13.5 Å². The van der Waals surface area contributed by atoms with Crippen LogP contribution in [0.5, 0.6) is 0 Å². The maximum absolute atomic E-state index is 12.9. The van der Waals surface area contributed by atoms with E-state index >= 15 is 0 Å². The van der Waals surface area contributed by atoms with Crippen LogP contribution in [0, 0.1) is 18.8 Å². The largest absolute Gasteiger partial charge is 0.383 e. The molecular formula is C24H29F2I2N5O4. The van der Waals surface area contributed by atoms with Gasteiger partial charge in [-0.3, -0.25) is 15.4 Å². The Bertz CT molecular complexity index is 1180. The molecule has 0 aliphatic heterocycles. The van der Waals surface area contributed by atoms with Crippen molar-refractivity contribution in [3.63, 3.8) is 0 Å². The number of hydrogen-bond acceptors (Lipinski definition) is 8. The second kappa shape index (κ2) is 17.9. The number of carbonyl (C=O) groups is 2. The van der Waals surface area contributed by atoms with Gasteiger partial charge in [-0.2, -0.15) is 5.10 Å². The number of anilines is 1. The zero-order chi connectivity index (χ0) is 27.3. The van der Waals surface area contributed by atoms with Crippen LogP contribution in [0.25, 0.3) is 5.69 Å². The Hall–Kier alpha value is -2.47. The van der Waals surface area contributed by atoms with Gasteiger partial charge in [-0.05, 0) is 87.6 Å². The van der Waals surface area contributed by atoms with Crippen molar-refractivity contribution in [2.45, 2.75) is 13.7 Å². The Labute approximate surface area is 241 Å². The van der Waals surface area contributed by atoms with Gasteiger partial charge < -0.3 is 20.2 Å². The van der Waals surface area contributed by atoms with Crippen molar-refractivity contribution in [3.05, 3.63) is 85.4 Å². The summed E-state index contributed by atoms with van der Waals surface area (Å²) in [5.41, 5.74) is 4.33. The molecule has 3 aromatic rings. The summed E-state index contributed by atoms with van der Waals surface area (Å²) in [7, 11) is 4.83. The highest BCUT2D eigenvalue weighted by Crippen LogP contribution is 2.19. The van der Waals surface area contributed by atoms with E-state index in [1.54, 1.807) is 43.4 Å². The molecule has 4 N–H and O–H groups in total. The Balaban J connectivity index is 0.000000534. The maximum atomic E-state index is 12.9. The first-order valence-corrected chi connectivity index (χ1v) is 12.1. The predicted octanol–water partition coefficient (Wildman–Crippen LogP) is 4.38. The molecule has 0 fully saturated rings. The Morgan fingerprint density at radius 3 is 2.24 bits per heavy atom. The van der Waals surface area contributed by atoms with Crippen LogP contribution >= 0.6 is 45.2 Å². The Morgan fingerprint density at radius 1 is 1.16 bits per heavy atom. The minimum absolute atomic E-state index is 0. The number of nitrogens with zero attached hydrogens (tertiary/aromatic N) is 3. The summed E-state index contributed by atoms with van der Waals surface area (Å²) in [6, 6.07) is 10.3. The lowest BCUT2D eigenvalue weighted by atomic mass is 10.3. The average molecular weight is 743 g/mol. The van der Waals surface area contributed by atoms with Gasteiger partial charge in [0.25, 0.3) is 0 Å². The molecule has 13 heteroatoms. The number of benzene rings is 2. The molecule has 0 radical (unpaired) electrons. The normalized spacial score (nSPS) is 10.7. The molecule has 1 heterocycles. The van der Waals surface area contributed by atoms with Crippen molar-refractivity contribution in [1.29, 1.82) is 0 Å². The van der Waals surface area contributed by atoms with Gasteiger partial charge in [0.15, 0.2) is 6.29 Å². The van der Waals surface area contributed by atoms with E-state index in [9.17, 15) is 18.4 Å². The van der Waals surface area contributed by atoms with Crippen molar-refractivity contribution >= 4 is 62.9 Å². The molecule has 2 aromatic carbocycles. The molecule has 0 spiro atoms. The fraction of sp³-hybridized carbons (Fsp3) is 0.208. The van der Waals surface area contributed by atoms with Gasteiger partial charge in [0.2, 0.25) is 12.1 Å². The van der Waals surface area contributed by atoms with Crippen molar-refractivity contribution in [2.24, 2.45) is 5.84 Å². The summed E-state index contributed by atoms with van der Waals surface area (Å²) in [4.78, 5) is 23.2. The van der Waals surface area contributed by atoms with Crippen molar-refractivity contribution in [3.8, 4) is 5.69 Å². The highest BCUT2D eigenvalue weighted by Gasteiger charge is 2.09. The number of aldehydes is 1. The Kier molecular flexibility index (Phi) is 16.7. The van der Waals surface area contributed by atoms with Crippen LogP contribution in [-0.2, 0) is 9.53 Å². The van der Waals surface area contributed by atoms with Crippen LogP contribution in [0.1, 0.15) is 17.9 Å². The lowest BCUT2D eigenvalue weighted by molar-refractivity contribution is -0.144. The number of aromatic nitrogens is 2. The number of halogens is 4. The quantitative estimate of drug-likeness (QED) is 0.0815. The molecule has 0 aliphatic rings. The Morgan fingerprint density at radius 2 is 1.76 bits per heavy atom. The summed E-state index contributed by atoms with van der Waals surface area (Å²) in [5.74, 6) is 4.12. The topological polar surface area (TPSA) is 123 Å². The first kappa shape index (κ1) is 34.5. The molecule has 0 bridgehead atoms. The summed E-state index contributed by atoms with van der Waals surface area (Å²) in [6.07, 6.45) is 3.71. The first-order chi connectivity index (χ1) is 17.0. The minimum Gasteiger partial charge on any atom is -0.383 e. The van der Waals surface area contributed by atoms with Crippen LogP contribution in [0.3, 0.4) is 0 Å². The molecule has 37 heavy (non-hydrogen) atoms. The number of hydrazine groups is 1. The van der Waals surface area contributed by atoms with E-state index in [1.807, 2.05) is 45.2 Å². The number of rotatable bonds is 7. The summed E-state index contributed by atoms with van der Waals surface area (Å²) >= 11 is 4.01. The van der Waals surface area contributed by atoms with E-state index in [-0.39, 0.29) is 19.1 Å². The average Bonchev–Trinajstić information content (AvgIpc) is 3.31. The van der Waals surface area contributed by atoms with Gasteiger partial charge in [0.05, 0.1) is 17.6 Å². The number of nitrogens with two attached hydrogens (primary N) is 1. The molecule has 1 atom stereocenters. The van der Waals surface area contributed by atoms with E-state index < -0.39 is 12.1 Å². The molecule has 202 valence electrons.